The average Bonchev–Trinajstić information content (AvgIpc) is 2.67. The minimum atomic E-state index is 0.0372. The predicted molar refractivity (Wildman–Crippen MR) is 101 cm³/mol. The number of carbonyl (C=O) groups is 1. The lowest BCUT2D eigenvalue weighted by Crippen LogP contribution is -2.41. The molecule has 0 spiro atoms. The van der Waals surface area contributed by atoms with Crippen molar-refractivity contribution in [3.63, 3.8) is 0 Å². The Morgan fingerprint density at radius 2 is 2.00 bits per heavy atom. The van der Waals surface area contributed by atoms with E-state index in [1.54, 1.807) is 13.2 Å². The molecule has 4 nitrogen and oxygen atoms in total. The van der Waals surface area contributed by atoms with E-state index in [2.05, 4.69) is 15.9 Å². The van der Waals surface area contributed by atoms with Crippen molar-refractivity contribution < 1.29 is 14.3 Å². The molecule has 0 N–H and O–H groups in total. The van der Waals surface area contributed by atoms with Crippen molar-refractivity contribution in [1.82, 2.24) is 4.90 Å². The lowest BCUT2D eigenvalue weighted by Gasteiger charge is -2.33. The molecule has 0 aromatic heterocycles. The van der Waals surface area contributed by atoms with Gasteiger partial charge in [0.25, 0.3) is 5.91 Å². The van der Waals surface area contributed by atoms with Gasteiger partial charge in [-0.3, -0.25) is 4.79 Å². The predicted octanol–water partition coefficient (Wildman–Crippen LogP) is 4.39. The van der Waals surface area contributed by atoms with Crippen LogP contribution in [0.5, 0.6) is 11.5 Å². The Balaban J connectivity index is 1.63. The summed E-state index contributed by atoms with van der Waals surface area (Å²) in [5.41, 5.74) is 0.643. The second-order valence-corrected chi connectivity index (χ2v) is 7.08. The summed E-state index contributed by atoms with van der Waals surface area (Å²) in [6, 6.07) is 15.3. The lowest BCUT2D eigenvalue weighted by atomic mass is 9.98. The fourth-order valence-electron chi connectivity index (χ4n) is 3.08. The quantitative estimate of drug-likeness (QED) is 0.742. The first-order valence-corrected chi connectivity index (χ1v) is 9.27. The molecular formula is C20H22BrNO3. The molecule has 0 radical (unpaired) electrons. The van der Waals surface area contributed by atoms with Crippen LogP contribution in [0, 0.1) is 5.92 Å². The minimum absolute atomic E-state index is 0.0372. The summed E-state index contributed by atoms with van der Waals surface area (Å²) in [6.07, 6.45) is 2.08. The summed E-state index contributed by atoms with van der Waals surface area (Å²) >= 11 is 3.48. The van der Waals surface area contributed by atoms with Gasteiger partial charge in [-0.15, -0.1) is 0 Å². The molecule has 2 aromatic carbocycles. The maximum atomic E-state index is 12.9. The molecule has 3 rings (SSSR count). The fourth-order valence-corrected chi connectivity index (χ4v) is 3.50. The van der Waals surface area contributed by atoms with Gasteiger partial charge in [0.05, 0.1) is 19.3 Å². The molecule has 1 heterocycles. The molecule has 1 atom stereocenters. The standard InChI is InChI=1S/C20H22BrNO3/c1-24-17-9-10-19(21)18(12-17)20(23)22-11-5-6-15(13-22)14-25-16-7-3-2-4-8-16/h2-4,7-10,12,15H,5-6,11,13-14H2,1H3. The van der Waals surface area contributed by atoms with Gasteiger partial charge in [0.1, 0.15) is 11.5 Å². The molecule has 1 saturated heterocycles. The normalized spacial score (nSPS) is 17.2. The number of benzene rings is 2. The number of likely N-dealkylation sites (tertiary alicyclic amines) is 1. The van der Waals surface area contributed by atoms with E-state index in [9.17, 15) is 4.79 Å². The maximum absolute atomic E-state index is 12.9. The topological polar surface area (TPSA) is 38.8 Å². The second-order valence-electron chi connectivity index (χ2n) is 6.23. The Labute approximate surface area is 156 Å². The third kappa shape index (κ3) is 4.54. The molecule has 1 aliphatic heterocycles. The van der Waals surface area contributed by atoms with Crippen molar-refractivity contribution in [2.45, 2.75) is 12.8 Å². The largest absolute Gasteiger partial charge is 0.497 e. The molecular weight excluding hydrogens is 382 g/mol. The molecule has 1 unspecified atom stereocenters. The van der Waals surface area contributed by atoms with Crippen molar-refractivity contribution in [2.24, 2.45) is 5.92 Å². The van der Waals surface area contributed by atoms with Gasteiger partial charge in [-0.05, 0) is 59.1 Å². The van der Waals surface area contributed by atoms with Crippen LogP contribution in [0.3, 0.4) is 0 Å². The van der Waals surface area contributed by atoms with Crippen LogP contribution in [0.1, 0.15) is 23.2 Å². The fraction of sp³-hybridized carbons (Fsp3) is 0.350. The van der Waals surface area contributed by atoms with Crippen molar-refractivity contribution in [2.75, 3.05) is 26.8 Å². The Kier molecular flexibility index (Phi) is 5.97. The van der Waals surface area contributed by atoms with Crippen LogP contribution < -0.4 is 9.47 Å². The Morgan fingerprint density at radius 1 is 1.20 bits per heavy atom. The Morgan fingerprint density at radius 3 is 2.76 bits per heavy atom. The van der Waals surface area contributed by atoms with Gasteiger partial charge < -0.3 is 14.4 Å². The van der Waals surface area contributed by atoms with E-state index in [1.165, 1.54) is 0 Å². The molecule has 25 heavy (non-hydrogen) atoms. The summed E-state index contributed by atoms with van der Waals surface area (Å²) in [5, 5.41) is 0. The highest BCUT2D eigenvalue weighted by atomic mass is 79.9. The first kappa shape index (κ1) is 17.8. The number of carbonyl (C=O) groups excluding carboxylic acids is 1. The molecule has 5 heteroatoms. The first-order chi connectivity index (χ1) is 12.2. The molecule has 0 aliphatic carbocycles. The zero-order valence-electron chi connectivity index (χ0n) is 14.3. The number of ether oxygens (including phenoxy) is 2. The van der Waals surface area contributed by atoms with Gasteiger partial charge in [-0.25, -0.2) is 0 Å². The summed E-state index contributed by atoms with van der Waals surface area (Å²) in [4.78, 5) is 14.8. The first-order valence-electron chi connectivity index (χ1n) is 8.48. The molecule has 0 saturated carbocycles. The number of hydrogen-bond acceptors (Lipinski definition) is 3. The van der Waals surface area contributed by atoms with Crippen LogP contribution in [0.25, 0.3) is 0 Å². The van der Waals surface area contributed by atoms with E-state index in [1.807, 2.05) is 47.4 Å². The highest BCUT2D eigenvalue weighted by Crippen LogP contribution is 2.26. The summed E-state index contributed by atoms with van der Waals surface area (Å²) in [7, 11) is 1.61. The molecule has 132 valence electrons. The third-order valence-corrected chi connectivity index (χ3v) is 5.13. The Hall–Kier alpha value is -2.01. The van der Waals surface area contributed by atoms with Crippen LogP contribution in [0.4, 0.5) is 0 Å². The smallest absolute Gasteiger partial charge is 0.255 e. The van der Waals surface area contributed by atoms with Crippen molar-refractivity contribution >= 4 is 21.8 Å². The third-order valence-electron chi connectivity index (χ3n) is 4.44. The lowest BCUT2D eigenvalue weighted by molar-refractivity contribution is 0.0632. The van der Waals surface area contributed by atoms with E-state index in [4.69, 9.17) is 9.47 Å². The highest BCUT2D eigenvalue weighted by molar-refractivity contribution is 9.10. The van der Waals surface area contributed by atoms with E-state index in [0.717, 1.165) is 36.2 Å². The van der Waals surface area contributed by atoms with Crippen molar-refractivity contribution in [3.8, 4) is 11.5 Å². The summed E-state index contributed by atoms with van der Waals surface area (Å²) in [6.45, 7) is 2.13. The summed E-state index contributed by atoms with van der Waals surface area (Å²) in [5.74, 6) is 1.95. The highest BCUT2D eigenvalue weighted by Gasteiger charge is 2.26. The van der Waals surface area contributed by atoms with Crippen molar-refractivity contribution in [1.29, 1.82) is 0 Å². The number of piperidine rings is 1. The van der Waals surface area contributed by atoms with Crippen LogP contribution in [0.15, 0.2) is 53.0 Å². The van der Waals surface area contributed by atoms with Gasteiger partial charge >= 0.3 is 0 Å². The number of nitrogens with zero attached hydrogens (tertiary/aromatic N) is 1. The zero-order chi connectivity index (χ0) is 17.6. The monoisotopic (exact) mass is 403 g/mol. The van der Waals surface area contributed by atoms with Gasteiger partial charge in [0.15, 0.2) is 0 Å². The number of hydrogen-bond donors (Lipinski definition) is 0. The van der Waals surface area contributed by atoms with Crippen LogP contribution in [-0.4, -0.2) is 37.6 Å². The van der Waals surface area contributed by atoms with Crippen LogP contribution in [0.2, 0.25) is 0 Å². The zero-order valence-corrected chi connectivity index (χ0v) is 15.9. The number of para-hydroxylation sites is 1. The molecule has 2 aromatic rings. The SMILES string of the molecule is COc1ccc(Br)c(C(=O)N2CCCC(COc3ccccc3)C2)c1. The van der Waals surface area contributed by atoms with Crippen LogP contribution in [-0.2, 0) is 0 Å². The van der Waals surface area contributed by atoms with Gasteiger partial charge in [-0.2, -0.15) is 0 Å². The van der Waals surface area contributed by atoms with Gasteiger partial charge in [-0.1, -0.05) is 18.2 Å². The molecule has 1 amide bonds. The molecule has 1 aliphatic rings. The Bertz CT molecular complexity index is 720. The summed E-state index contributed by atoms with van der Waals surface area (Å²) < 4.78 is 11.9. The molecule has 0 bridgehead atoms. The van der Waals surface area contributed by atoms with Crippen LogP contribution >= 0.6 is 15.9 Å². The van der Waals surface area contributed by atoms with Gasteiger partial charge in [0.2, 0.25) is 0 Å². The minimum Gasteiger partial charge on any atom is -0.497 e. The van der Waals surface area contributed by atoms with Crippen molar-refractivity contribution in [3.05, 3.63) is 58.6 Å². The maximum Gasteiger partial charge on any atom is 0.255 e. The van der Waals surface area contributed by atoms with E-state index < -0.39 is 0 Å². The van der Waals surface area contributed by atoms with E-state index >= 15 is 0 Å². The number of halogens is 1. The van der Waals surface area contributed by atoms with Gasteiger partial charge in [0, 0.05) is 23.5 Å². The number of amides is 1. The van der Waals surface area contributed by atoms with E-state index in [0.29, 0.717) is 23.8 Å². The number of methoxy groups -OCH3 is 1. The average molecular weight is 404 g/mol. The molecule has 1 fully saturated rings. The second kappa shape index (κ2) is 8.39. The number of rotatable bonds is 5. The van der Waals surface area contributed by atoms with E-state index in [-0.39, 0.29) is 5.91 Å².